The summed E-state index contributed by atoms with van der Waals surface area (Å²) >= 11 is 1.72. The van der Waals surface area contributed by atoms with Crippen LogP contribution in [-0.2, 0) is 11.0 Å². The van der Waals surface area contributed by atoms with Crippen molar-refractivity contribution in [3.63, 3.8) is 0 Å². The van der Waals surface area contributed by atoms with E-state index in [2.05, 4.69) is 4.98 Å². The third-order valence-electron chi connectivity index (χ3n) is 3.53. The molecule has 0 amide bonds. The number of carboxylic acids is 1. The largest absolute Gasteiger partial charge is 0.480 e. The average Bonchev–Trinajstić information content (AvgIpc) is 2.77. The number of pyridine rings is 1. The molecule has 112 valence electrons. The molecule has 0 saturated heterocycles. The molecule has 1 aliphatic rings. The van der Waals surface area contributed by atoms with Crippen LogP contribution in [0.15, 0.2) is 23.2 Å². The molecule has 1 N–H and O–H groups in total. The predicted molar refractivity (Wildman–Crippen MR) is 74.7 cm³/mol. The van der Waals surface area contributed by atoms with E-state index in [9.17, 15) is 23.1 Å². The van der Waals surface area contributed by atoms with Crippen LogP contribution in [0.25, 0.3) is 10.2 Å². The Hall–Kier alpha value is -1.28. The molecule has 1 aliphatic carbocycles. The first-order valence-electron chi connectivity index (χ1n) is 6.20. The summed E-state index contributed by atoms with van der Waals surface area (Å²) in [6.07, 6.45) is -1.09. The molecule has 1 fully saturated rings. The van der Waals surface area contributed by atoms with Crippen LogP contribution in [0.4, 0.5) is 13.2 Å². The van der Waals surface area contributed by atoms with Gasteiger partial charge in [-0.05, 0) is 31.4 Å². The number of hydrogen-bond donors (Lipinski definition) is 1. The lowest BCUT2D eigenvalue weighted by Crippen LogP contribution is -2.41. The van der Waals surface area contributed by atoms with E-state index >= 15 is 0 Å². The highest BCUT2D eigenvalue weighted by atomic mass is 32.2. The maximum atomic E-state index is 12.8. The molecule has 2 aromatic rings. The number of carboxylic acid groups (broad SMARTS) is 1. The van der Waals surface area contributed by atoms with Crippen LogP contribution in [0.5, 0.6) is 0 Å². The van der Waals surface area contributed by atoms with Crippen LogP contribution < -0.4 is 0 Å². The van der Waals surface area contributed by atoms with Gasteiger partial charge in [-0.1, -0.05) is 0 Å². The van der Waals surface area contributed by atoms with E-state index in [1.807, 2.05) is 0 Å². The van der Waals surface area contributed by atoms with Crippen LogP contribution in [0.1, 0.15) is 24.1 Å². The van der Waals surface area contributed by atoms with Gasteiger partial charge < -0.3 is 5.11 Å². The van der Waals surface area contributed by atoms with Crippen molar-refractivity contribution in [1.29, 1.82) is 0 Å². The van der Waals surface area contributed by atoms with Gasteiger partial charge in [0.05, 0.1) is 0 Å². The van der Waals surface area contributed by atoms with E-state index in [0.717, 1.165) is 24.2 Å². The lowest BCUT2D eigenvalue weighted by atomic mass is 9.84. The van der Waals surface area contributed by atoms with Gasteiger partial charge in [-0.3, -0.25) is 4.79 Å². The molecule has 2 heterocycles. The van der Waals surface area contributed by atoms with Crippen molar-refractivity contribution in [2.45, 2.75) is 35.1 Å². The number of aliphatic carboxylic acids is 1. The molecule has 3 nitrogen and oxygen atoms in total. The standard InChI is InChI=1S/C13H10F3NO2S2/c14-13(15,16)9-6-7-8(2-5-17-10(7)20-9)21-12(11(18)19)3-1-4-12/h2,5-6H,1,3-4H2,(H,18,19). The van der Waals surface area contributed by atoms with E-state index in [4.69, 9.17) is 0 Å². The van der Waals surface area contributed by atoms with Crippen LogP contribution >= 0.6 is 23.1 Å². The van der Waals surface area contributed by atoms with Crippen molar-refractivity contribution in [3.05, 3.63) is 23.2 Å². The third kappa shape index (κ3) is 2.50. The number of fused-ring (bicyclic) bond motifs is 1. The van der Waals surface area contributed by atoms with Gasteiger partial charge in [0.15, 0.2) is 0 Å². The number of aromatic nitrogens is 1. The Labute approximate surface area is 126 Å². The Balaban J connectivity index is 2.03. The molecule has 21 heavy (non-hydrogen) atoms. The number of carbonyl (C=O) groups is 1. The van der Waals surface area contributed by atoms with Gasteiger partial charge in [0, 0.05) is 16.5 Å². The summed E-state index contributed by atoms with van der Waals surface area (Å²) in [7, 11) is 0. The zero-order valence-corrected chi connectivity index (χ0v) is 12.2. The van der Waals surface area contributed by atoms with Gasteiger partial charge in [0.1, 0.15) is 14.5 Å². The van der Waals surface area contributed by atoms with Gasteiger partial charge in [0.25, 0.3) is 0 Å². The van der Waals surface area contributed by atoms with E-state index in [0.29, 0.717) is 34.5 Å². The molecule has 2 aromatic heterocycles. The zero-order valence-electron chi connectivity index (χ0n) is 10.6. The fourth-order valence-electron chi connectivity index (χ4n) is 2.21. The molecule has 8 heteroatoms. The van der Waals surface area contributed by atoms with Crippen molar-refractivity contribution in [3.8, 4) is 0 Å². The lowest BCUT2D eigenvalue weighted by molar-refractivity contribution is -0.142. The summed E-state index contributed by atoms with van der Waals surface area (Å²) in [4.78, 5) is 15.5. The second kappa shape index (κ2) is 4.88. The van der Waals surface area contributed by atoms with E-state index in [1.54, 1.807) is 6.07 Å². The summed E-state index contributed by atoms with van der Waals surface area (Å²) in [5.74, 6) is -0.907. The first kappa shape index (κ1) is 14.6. The van der Waals surface area contributed by atoms with Gasteiger partial charge in [-0.15, -0.1) is 23.1 Å². The summed E-state index contributed by atoms with van der Waals surface area (Å²) in [6, 6.07) is 2.65. The van der Waals surface area contributed by atoms with Crippen molar-refractivity contribution >= 4 is 39.3 Å². The molecule has 3 rings (SSSR count). The Bertz CT molecular complexity index is 707. The minimum absolute atomic E-state index is 0.284. The summed E-state index contributed by atoms with van der Waals surface area (Å²) < 4.78 is 37.4. The molecule has 0 atom stereocenters. The van der Waals surface area contributed by atoms with Crippen molar-refractivity contribution < 1.29 is 23.1 Å². The van der Waals surface area contributed by atoms with Gasteiger partial charge in [-0.25, -0.2) is 4.98 Å². The highest BCUT2D eigenvalue weighted by Crippen LogP contribution is 2.50. The first-order chi connectivity index (χ1) is 9.82. The van der Waals surface area contributed by atoms with Crippen LogP contribution in [-0.4, -0.2) is 20.8 Å². The SMILES string of the molecule is O=C(O)C1(Sc2ccnc3sc(C(F)(F)F)cc23)CCC1. The molecular formula is C13H10F3NO2S2. The Morgan fingerprint density at radius 3 is 2.67 bits per heavy atom. The predicted octanol–water partition coefficient (Wildman–Crippen LogP) is 4.41. The number of thioether (sulfide) groups is 1. The van der Waals surface area contributed by atoms with Gasteiger partial charge >= 0.3 is 12.1 Å². The maximum Gasteiger partial charge on any atom is 0.425 e. The topological polar surface area (TPSA) is 50.2 Å². The zero-order chi connectivity index (χ0) is 15.3. The molecule has 0 radical (unpaired) electrons. The summed E-state index contributed by atoms with van der Waals surface area (Å²) in [6.45, 7) is 0. The normalized spacial score (nSPS) is 17.7. The lowest BCUT2D eigenvalue weighted by Gasteiger charge is -2.36. The number of nitrogens with zero attached hydrogens (tertiary/aromatic N) is 1. The Morgan fingerprint density at radius 2 is 2.14 bits per heavy atom. The van der Waals surface area contributed by atoms with Crippen LogP contribution in [0.2, 0.25) is 0 Å². The number of thiophene rings is 1. The van der Waals surface area contributed by atoms with E-state index in [1.165, 1.54) is 6.20 Å². The maximum absolute atomic E-state index is 12.8. The number of halogens is 3. The van der Waals surface area contributed by atoms with Crippen LogP contribution in [0.3, 0.4) is 0 Å². The van der Waals surface area contributed by atoms with E-state index < -0.39 is 21.8 Å². The Kier molecular flexibility index (Phi) is 3.40. The van der Waals surface area contributed by atoms with Crippen molar-refractivity contribution in [2.75, 3.05) is 0 Å². The Morgan fingerprint density at radius 1 is 1.43 bits per heavy atom. The fourth-order valence-corrected chi connectivity index (χ4v) is 4.57. The number of rotatable bonds is 3. The van der Waals surface area contributed by atoms with E-state index in [-0.39, 0.29) is 4.83 Å². The fraction of sp³-hybridized carbons (Fsp3) is 0.385. The highest BCUT2D eigenvalue weighted by Gasteiger charge is 2.46. The van der Waals surface area contributed by atoms with Crippen molar-refractivity contribution in [1.82, 2.24) is 4.98 Å². The number of hydrogen-bond acceptors (Lipinski definition) is 4. The second-order valence-corrected chi connectivity index (χ2v) is 7.35. The quantitative estimate of drug-likeness (QED) is 0.904. The highest BCUT2D eigenvalue weighted by molar-refractivity contribution is 8.01. The second-order valence-electron chi connectivity index (χ2n) is 4.89. The molecule has 0 unspecified atom stereocenters. The van der Waals surface area contributed by atoms with Gasteiger partial charge in [0.2, 0.25) is 0 Å². The summed E-state index contributed by atoms with van der Waals surface area (Å²) in [5, 5.41) is 9.72. The van der Waals surface area contributed by atoms with Gasteiger partial charge in [-0.2, -0.15) is 13.2 Å². The smallest absolute Gasteiger partial charge is 0.425 e. The van der Waals surface area contributed by atoms with Crippen LogP contribution in [0, 0.1) is 0 Å². The summed E-state index contributed by atoms with van der Waals surface area (Å²) in [5.41, 5.74) is 0. The minimum atomic E-state index is -4.41. The van der Waals surface area contributed by atoms with Crippen molar-refractivity contribution in [2.24, 2.45) is 0 Å². The minimum Gasteiger partial charge on any atom is -0.480 e. The average molecular weight is 333 g/mol. The molecule has 0 bridgehead atoms. The molecule has 0 aliphatic heterocycles. The molecule has 0 aromatic carbocycles. The monoisotopic (exact) mass is 333 g/mol. The number of alkyl halides is 3. The third-order valence-corrected chi connectivity index (χ3v) is 6.17. The molecule has 1 saturated carbocycles. The molecular weight excluding hydrogens is 323 g/mol. The first-order valence-corrected chi connectivity index (χ1v) is 7.83. The molecule has 0 spiro atoms.